The summed E-state index contributed by atoms with van der Waals surface area (Å²) in [6, 6.07) is 5.39. The Balaban J connectivity index is 2.82. The van der Waals surface area contributed by atoms with Crippen molar-refractivity contribution in [1.82, 2.24) is 0 Å². The molecule has 0 spiro atoms. The van der Waals surface area contributed by atoms with E-state index in [2.05, 4.69) is 28.0 Å². The summed E-state index contributed by atoms with van der Waals surface area (Å²) in [4.78, 5) is 0. The lowest BCUT2D eigenvalue weighted by Gasteiger charge is -2.14. The van der Waals surface area contributed by atoms with Crippen molar-refractivity contribution in [3.8, 4) is 5.75 Å². The fourth-order valence-corrected chi connectivity index (χ4v) is 2.09. The van der Waals surface area contributed by atoms with Crippen molar-refractivity contribution in [3.05, 3.63) is 28.2 Å². The van der Waals surface area contributed by atoms with Crippen LogP contribution in [0.5, 0.6) is 5.75 Å². The molecule has 0 aromatic heterocycles. The van der Waals surface area contributed by atoms with Crippen LogP contribution in [0.4, 0.5) is 0 Å². The van der Waals surface area contributed by atoms with Crippen LogP contribution in [0.25, 0.3) is 0 Å². The molecule has 1 atom stereocenters. The van der Waals surface area contributed by atoms with Gasteiger partial charge >= 0.3 is 0 Å². The molecule has 4 nitrogen and oxygen atoms in total. The molecule has 94 valence electrons. The number of amidine groups is 1. The summed E-state index contributed by atoms with van der Waals surface area (Å²) >= 11 is 3.37. The van der Waals surface area contributed by atoms with Gasteiger partial charge in [0.05, 0.1) is 6.10 Å². The van der Waals surface area contributed by atoms with Gasteiger partial charge in [0, 0.05) is 10.0 Å². The molecule has 3 N–H and O–H groups in total. The van der Waals surface area contributed by atoms with Gasteiger partial charge in [-0.15, -0.1) is 0 Å². The SMILES string of the molecule is CCCC(C)Oc1ccc(/C(N)=N/O)c(Br)c1. The van der Waals surface area contributed by atoms with Crippen LogP contribution in [0.15, 0.2) is 27.8 Å². The smallest absolute Gasteiger partial charge is 0.171 e. The van der Waals surface area contributed by atoms with Gasteiger partial charge in [0.1, 0.15) is 5.75 Å². The number of hydrogen-bond donors (Lipinski definition) is 2. The average molecular weight is 301 g/mol. The first-order valence-corrected chi connectivity index (χ1v) is 6.31. The highest BCUT2D eigenvalue weighted by molar-refractivity contribution is 9.10. The average Bonchev–Trinajstić information content (AvgIpc) is 2.28. The van der Waals surface area contributed by atoms with Gasteiger partial charge in [0.15, 0.2) is 5.84 Å². The molecule has 1 aromatic rings. The topological polar surface area (TPSA) is 67.8 Å². The van der Waals surface area contributed by atoms with Gasteiger partial charge in [-0.2, -0.15) is 0 Å². The molecule has 0 radical (unpaired) electrons. The van der Waals surface area contributed by atoms with Gasteiger partial charge < -0.3 is 15.7 Å². The molecule has 0 saturated heterocycles. The second-order valence-electron chi connectivity index (χ2n) is 3.84. The number of rotatable bonds is 5. The Hall–Kier alpha value is -1.23. The van der Waals surface area contributed by atoms with Crippen LogP contribution in [0.1, 0.15) is 32.3 Å². The molecule has 0 aliphatic carbocycles. The maximum absolute atomic E-state index is 8.61. The molecule has 0 bridgehead atoms. The molecule has 0 aliphatic heterocycles. The first-order chi connectivity index (χ1) is 8.08. The summed E-state index contributed by atoms with van der Waals surface area (Å²) in [6.07, 6.45) is 2.28. The van der Waals surface area contributed by atoms with Crippen LogP contribution in [0, 0.1) is 0 Å². The monoisotopic (exact) mass is 300 g/mol. The summed E-state index contributed by atoms with van der Waals surface area (Å²) in [7, 11) is 0. The summed E-state index contributed by atoms with van der Waals surface area (Å²) in [5, 5.41) is 11.6. The molecule has 0 heterocycles. The van der Waals surface area contributed by atoms with Gasteiger partial charge in [0.2, 0.25) is 0 Å². The van der Waals surface area contributed by atoms with Crippen LogP contribution < -0.4 is 10.5 Å². The van der Waals surface area contributed by atoms with E-state index in [0.717, 1.165) is 23.1 Å². The summed E-state index contributed by atoms with van der Waals surface area (Å²) in [6.45, 7) is 4.16. The van der Waals surface area contributed by atoms with E-state index < -0.39 is 0 Å². The van der Waals surface area contributed by atoms with Gasteiger partial charge in [-0.3, -0.25) is 0 Å². The first kappa shape index (κ1) is 13.8. The van der Waals surface area contributed by atoms with Gasteiger partial charge in [-0.25, -0.2) is 0 Å². The summed E-state index contributed by atoms with van der Waals surface area (Å²) in [5.74, 6) is 0.845. The fraction of sp³-hybridized carbons (Fsp3) is 0.417. The lowest BCUT2D eigenvalue weighted by Crippen LogP contribution is -2.14. The number of halogens is 1. The second-order valence-corrected chi connectivity index (χ2v) is 4.70. The highest BCUT2D eigenvalue weighted by atomic mass is 79.9. The van der Waals surface area contributed by atoms with E-state index in [-0.39, 0.29) is 11.9 Å². The normalized spacial score (nSPS) is 13.5. The quantitative estimate of drug-likeness (QED) is 0.380. The lowest BCUT2D eigenvalue weighted by atomic mass is 10.2. The molecule has 1 rings (SSSR count). The largest absolute Gasteiger partial charge is 0.491 e. The highest BCUT2D eigenvalue weighted by Crippen LogP contribution is 2.24. The van der Waals surface area contributed by atoms with E-state index in [1.165, 1.54) is 0 Å². The molecule has 0 fully saturated rings. The van der Waals surface area contributed by atoms with Crippen molar-refractivity contribution in [2.45, 2.75) is 32.8 Å². The van der Waals surface area contributed by atoms with Crippen molar-refractivity contribution in [2.75, 3.05) is 0 Å². The molecular weight excluding hydrogens is 284 g/mol. The number of hydrogen-bond acceptors (Lipinski definition) is 3. The molecule has 1 unspecified atom stereocenters. The van der Waals surface area contributed by atoms with Crippen molar-refractivity contribution in [3.63, 3.8) is 0 Å². The molecule has 0 amide bonds. The van der Waals surface area contributed by atoms with E-state index in [0.29, 0.717) is 5.56 Å². The van der Waals surface area contributed by atoms with E-state index in [1.807, 2.05) is 19.1 Å². The number of nitrogens with zero attached hydrogens (tertiary/aromatic N) is 1. The van der Waals surface area contributed by atoms with Crippen molar-refractivity contribution in [2.24, 2.45) is 10.9 Å². The van der Waals surface area contributed by atoms with Gasteiger partial charge in [0.25, 0.3) is 0 Å². The van der Waals surface area contributed by atoms with Gasteiger partial charge in [-0.1, -0.05) is 18.5 Å². The Kier molecular flexibility index (Phi) is 5.28. The molecular formula is C12H17BrN2O2. The molecule has 17 heavy (non-hydrogen) atoms. The van der Waals surface area contributed by atoms with E-state index in [9.17, 15) is 0 Å². The molecule has 5 heteroatoms. The Morgan fingerprint density at radius 1 is 1.59 bits per heavy atom. The first-order valence-electron chi connectivity index (χ1n) is 5.52. The van der Waals surface area contributed by atoms with E-state index in [4.69, 9.17) is 15.7 Å². The maximum Gasteiger partial charge on any atom is 0.171 e. The zero-order valence-corrected chi connectivity index (χ0v) is 11.6. The standard InChI is InChI=1S/C12H17BrN2O2/c1-3-4-8(2)17-9-5-6-10(11(13)7-9)12(14)15-16/h5-8,16H,3-4H2,1-2H3,(H2,14,15). The Labute approximate surface area is 110 Å². The molecule has 1 aromatic carbocycles. The minimum Gasteiger partial charge on any atom is -0.491 e. The number of benzene rings is 1. The van der Waals surface area contributed by atoms with Crippen LogP contribution in [-0.4, -0.2) is 17.1 Å². The minimum absolute atomic E-state index is 0.0741. The van der Waals surface area contributed by atoms with Gasteiger partial charge in [-0.05, 0) is 47.5 Å². The number of oxime groups is 1. The highest BCUT2D eigenvalue weighted by Gasteiger charge is 2.08. The number of ether oxygens (including phenoxy) is 1. The van der Waals surface area contributed by atoms with Crippen molar-refractivity contribution in [1.29, 1.82) is 0 Å². The zero-order valence-electron chi connectivity index (χ0n) is 9.98. The third kappa shape index (κ3) is 3.93. The van der Waals surface area contributed by atoms with Crippen LogP contribution >= 0.6 is 15.9 Å². The predicted octanol–water partition coefficient (Wildman–Crippen LogP) is 3.11. The molecule has 0 aliphatic rings. The lowest BCUT2D eigenvalue weighted by molar-refractivity contribution is 0.210. The third-order valence-electron chi connectivity index (χ3n) is 2.36. The Morgan fingerprint density at radius 3 is 2.82 bits per heavy atom. The Morgan fingerprint density at radius 2 is 2.29 bits per heavy atom. The van der Waals surface area contributed by atoms with E-state index in [1.54, 1.807) is 6.07 Å². The fourth-order valence-electron chi connectivity index (χ4n) is 1.53. The second kappa shape index (κ2) is 6.49. The summed E-state index contributed by atoms with van der Waals surface area (Å²) < 4.78 is 6.48. The maximum atomic E-state index is 8.61. The minimum atomic E-state index is 0.0741. The summed E-state index contributed by atoms with van der Waals surface area (Å²) in [5.41, 5.74) is 6.16. The van der Waals surface area contributed by atoms with Crippen LogP contribution in [-0.2, 0) is 0 Å². The van der Waals surface area contributed by atoms with Crippen LogP contribution in [0.3, 0.4) is 0 Å². The number of nitrogens with two attached hydrogens (primary N) is 1. The van der Waals surface area contributed by atoms with Crippen molar-refractivity contribution < 1.29 is 9.94 Å². The third-order valence-corrected chi connectivity index (χ3v) is 3.01. The molecule has 0 saturated carbocycles. The van der Waals surface area contributed by atoms with Crippen molar-refractivity contribution >= 4 is 21.8 Å². The zero-order chi connectivity index (χ0) is 12.8. The van der Waals surface area contributed by atoms with Crippen LogP contribution in [0.2, 0.25) is 0 Å². The predicted molar refractivity (Wildman–Crippen MR) is 71.7 cm³/mol. The van der Waals surface area contributed by atoms with E-state index >= 15 is 0 Å². The Bertz CT molecular complexity index is 407.